The van der Waals surface area contributed by atoms with E-state index >= 15 is 0 Å². The zero-order valence-corrected chi connectivity index (χ0v) is 11.8. The molecule has 0 amide bonds. The van der Waals surface area contributed by atoms with Gasteiger partial charge in [-0.05, 0) is 12.0 Å². The molecule has 1 aromatic rings. The van der Waals surface area contributed by atoms with Gasteiger partial charge in [0, 0.05) is 6.42 Å². The molecule has 0 aliphatic rings. The Labute approximate surface area is 119 Å². The van der Waals surface area contributed by atoms with Gasteiger partial charge >= 0.3 is 21.6 Å². The summed E-state index contributed by atoms with van der Waals surface area (Å²) in [5.41, 5.74) is -5.31. The van der Waals surface area contributed by atoms with Crippen LogP contribution < -0.4 is 0 Å². The molecule has 0 aliphatic heterocycles. The van der Waals surface area contributed by atoms with Crippen LogP contribution in [0.5, 0.6) is 0 Å². The second-order valence-electron chi connectivity index (χ2n) is 4.01. The Bertz CT molecular complexity index is 568. The number of halogens is 3. The third-order valence-electron chi connectivity index (χ3n) is 2.54. The molecular weight excluding hydrogens is 313 g/mol. The minimum absolute atomic E-state index is 0.217. The zero-order chi connectivity index (χ0) is 16.1. The minimum atomic E-state index is -5.75. The van der Waals surface area contributed by atoms with Crippen molar-refractivity contribution in [2.45, 2.75) is 24.5 Å². The maximum absolute atomic E-state index is 12.4. The highest BCUT2D eigenvalue weighted by molar-refractivity contribution is 7.87. The van der Waals surface area contributed by atoms with Crippen LogP contribution in [0.4, 0.5) is 13.2 Å². The van der Waals surface area contributed by atoms with Crippen molar-refractivity contribution < 1.29 is 35.3 Å². The summed E-state index contributed by atoms with van der Waals surface area (Å²) in [6, 6.07) is 7.47. The number of carbonyl (C=O) groups is 1. The van der Waals surface area contributed by atoms with Crippen molar-refractivity contribution in [3.8, 4) is 0 Å². The van der Waals surface area contributed by atoms with E-state index in [1.165, 1.54) is 24.3 Å². The highest BCUT2D eigenvalue weighted by atomic mass is 32.2. The Hall–Kier alpha value is -1.61. The maximum atomic E-state index is 12.4. The van der Waals surface area contributed by atoms with Crippen LogP contribution in [0.3, 0.4) is 0 Å². The molecule has 0 aliphatic carbocycles. The zero-order valence-electron chi connectivity index (χ0n) is 11.0. The molecule has 0 saturated carbocycles. The molecule has 1 atom stereocenters. The maximum Gasteiger partial charge on any atom is 0.523 e. The van der Waals surface area contributed by atoms with Crippen molar-refractivity contribution in [1.82, 2.24) is 0 Å². The normalized spacial score (nSPS) is 13.7. The number of hydrogen-bond acceptors (Lipinski definition) is 5. The first-order chi connectivity index (χ1) is 9.67. The first-order valence-electron chi connectivity index (χ1n) is 5.78. The Balaban J connectivity index is 2.96. The lowest BCUT2D eigenvalue weighted by Crippen LogP contribution is -2.27. The molecule has 1 rings (SSSR count). The van der Waals surface area contributed by atoms with Crippen molar-refractivity contribution in [2.75, 3.05) is 7.11 Å². The van der Waals surface area contributed by atoms with Crippen LogP contribution in [0.15, 0.2) is 30.3 Å². The predicted molar refractivity (Wildman–Crippen MR) is 66.5 cm³/mol. The van der Waals surface area contributed by atoms with E-state index in [2.05, 4.69) is 8.92 Å². The number of rotatable bonds is 6. The van der Waals surface area contributed by atoms with Gasteiger partial charge in [-0.15, -0.1) is 0 Å². The molecule has 1 unspecified atom stereocenters. The van der Waals surface area contributed by atoms with Crippen molar-refractivity contribution in [2.24, 2.45) is 0 Å². The van der Waals surface area contributed by atoms with Crippen LogP contribution >= 0.6 is 0 Å². The summed E-state index contributed by atoms with van der Waals surface area (Å²) in [7, 11) is -4.63. The molecule has 0 heterocycles. The predicted octanol–water partition coefficient (Wildman–Crippen LogP) is 2.55. The highest BCUT2D eigenvalue weighted by Gasteiger charge is 2.48. The van der Waals surface area contributed by atoms with Gasteiger partial charge in [0.2, 0.25) is 0 Å². The van der Waals surface area contributed by atoms with Crippen LogP contribution in [0.2, 0.25) is 0 Å². The third kappa shape index (κ3) is 5.01. The number of alkyl halides is 3. The first-order valence-corrected chi connectivity index (χ1v) is 7.19. The van der Waals surface area contributed by atoms with E-state index in [0.717, 1.165) is 7.11 Å². The van der Waals surface area contributed by atoms with Crippen LogP contribution in [0.25, 0.3) is 0 Å². The van der Waals surface area contributed by atoms with Crippen molar-refractivity contribution in [3.63, 3.8) is 0 Å². The molecule has 9 heteroatoms. The lowest BCUT2D eigenvalue weighted by Gasteiger charge is -2.18. The Kier molecular flexibility index (Phi) is 5.73. The molecule has 0 fully saturated rings. The van der Waals surface area contributed by atoms with E-state index < -0.39 is 27.7 Å². The molecule has 21 heavy (non-hydrogen) atoms. The van der Waals surface area contributed by atoms with Crippen LogP contribution in [0, 0.1) is 0 Å². The van der Waals surface area contributed by atoms with Gasteiger partial charge in [0.25, 0.3) is 0 Å². The van der Waals surface area contributed by atoms with Crippen LogP contribution in [-0.4, -0.2) is 27.0 Å². The number of ether oxygens (including phenoxy) is 1. The number of esters is 1. The molecule has 5 nitrogen and oxygen atoms in total. The first kappa shape index (κ1) is 17.4. The molecule has 0 aromatic heterocycles. The fourth-order valence-corrected chi connectivity index (χ4v) is 2.12. The van der Waals surface area contributed by atoms with Gasteiger partial charge in [0.05, 0.1) is 7.11 Å². The van der Waals surface area contributed by atoms with E-state index in [9.17, 15) is 26.4 Å². The second-order valence-corrected chi connectivity index (χ2v) is 5.57. The van der Waals surface area contributed by atoms with E-state index in [0.29, 0.717) is 0 Å². The number of carbonyl (C=O) groups excluding carboxylic acids is 1. The third-order valence-corrected chi connectivity index (χ3v) is 3.59. The van der Waals surface area contributed by atoms with Crippen molar-refractivity contribution in [1.29, 1.82) is 0 Å². The summed E-state index contributed by atoms with van der Waals surface area (Å²) in [5.74, 6) is -0.677. The fourth-order valence-electron chi connectivity index (χ4n) is 1.50. The van der Waals surface area contributed by atoms with Crippen LogP contribution in [0.1, 0.15) is 24.5 Å². The summed E-state index contributed by atoms with van der Waals surface area (Å²) < 4.78 is 67.9. The quantitative estimate of drug-likeness (QED) is 0.456. The molecular formula is C12H13F3O5S. The Morgan fingerprint density at radius 3 is 2.29 bits per heavy atom. The topological polar surface area (TPSA) is 69.7 Å². The van der Waals surface area contributed by atoms with E-state index in [1.54, 1.807) is 6.07 Å². The van der Waals surface area contributed by atoms with Gasteiger partial charge in [0.15, 0.2) is 0 Å². The highest BCUT2D eigenvalue weighted by Crippen LogP contribution is 2.32. The molecule has 0 spiro atoms. The van der Waals surface area contributed by atoms with Gasteiger partial charge in [-0.1, -0.05) is 30.3 Å². The molecule has 118 valence electrons. The molecule has 1 aromatic carbocycles. The fraction of sp³-hybridized carbons (Fsp3) is 0.417. The summed E-state index contributed by atoms with van der Waals surface area (Å²) in [4.78, 5) is 11.1. The molecule has 0 saturated heterocycles. The molecule has 0 bridgehead atoms. The van der Waals surface area contributed by atoms with Crippen LogP contribution in [-0.2, 0) is 23.8 Å². The lowest BCUT2D eigenvalue weighted by molar-refractivity contribution is -0.141. The standard InChI is InChI=1S/C12H13F3O5S/c1-19-11(16)8-7-10(9-5-3-2-4-6-9)20-21(17,18)12(13,14)15/h2-6,10H,7-8H2,1H3. The van der Waals surface area contributed by atoms with Gasteiger partial charge in [-0.25, -0.2) is 0 Å². The number of hydrogen-bond donors (Lipinski definition) is 0. The lowest BCUT2D eigenvalue weighted by atomic mass is 10.1. The summed E-state index contributed by atoms with van der Waals surface area (Å²) >= 11 is 0. The van der Waals surface area contributed by atoms with E-state index in [-0.39, 0.29) is 18.4 Å². The number of benzene rings is 1. The van der Waals surface area contributed by atoms with Gasteiger partial charge in [-0.2, -0.15) is 21.6 Å². The summed E-state index contributed by atoms with van der Waals surface area (Å²) in [6.07, 6.45) is -1.95. The SMILES string of the molecule is COC(=O)CCC(OS(=O)(=O)C(F)(F)F)c1ccccc1. The summed E-state index contributed by atoms with van der Waals surface area (Å²) in [5, 5.41) is 0. The second kappa shape index (κ2) is 6.90. The molecule has 0 N–H and O–H groups in total. The smallest absolute Gasteiger partial charge is 0.469 e. The van der Waals surface area contributed by atoms with Crippen molar-refractivity contribution >= 4 is 16.1 Å². The average Bonchev–Trinajstić information content (AvgIpc) is 2.42. The summed E-state index contributed by atoms with van der Waals surface area (Å²) in [6.45, 7) is 0. The van der Waals surface area contributed by atoms with Crippen molar-refractivity contribution in [3.05, 3.63) is 35.9 Å². The number of methoxy groups -OCH3 is 1. The Morgan fingerprint density at radius 1 is 1.24 bits per heavy atom. The monoisotopic (exact) mass is 326 g/mol. The molecule has 0 radical (unpaired) electrons. The Morgan fingerprint density at radius 2 is 1.81 bits per heavy atom. The van der Waals surface area contributed by atoms with E-state index in [1.807, 2.05) is 0 Å². The van der Waals surface area contributed by atoms with Gasteiger partial charge in [0.1, 0.15) is 6.10 Å². The minimum Gasteiger partial charge on any atom is -0.469 e. The van der Waals surface area contributed by atoms with Gasteiger partial charge in [-0.3, -0.25) is 8.98 Å². The van der Waals surface area contributed by atoms with E-state index in [4.69, 9.17) is 0 Å². The van der Waals surface area contributed by atoms with Gasteiger partial charge < -0.3 is 4.74 Å². The average molecular weight is 326 g/mol. The largest absolute Gasteiger partial charge is 0.523 e.